The Balaban J connectivity index is 1.69. The lowest BCUT2D eigenvalue weighted by molar-refractivity contribution is -0.132. The van der Waals surface area contributed by atoms with Crippen LogP contribution in [0, 0.1) is 13.8 Å². The van der Waals surface area contributed by atoms with E-state index in [-0.39, 0.29) is 11.3 Å². The van der Waals surface area contributed by atoms with E-state index in [9.17, 15) is 14.7 Å². The Morgan fingerprint density at radius 3 is 2.29 bits per heavy atom. The molecule has 196 valence electrons. The van der Waals surface area contributed by atoms with Gasteiger partial charge in [0.15, 0.2) is 0 Å². The molecule has 0 radical (unpaired) electrons. The zero-order valence-corrected chi connectivity index (χ0v) is 22.8. The number of amides is 1. The minimum atomic E-state index is -0.725. The van der Waals surface area contributed by atoms with Crippen LogP contribution in [-0.4, -0.2) is 29.9 Å². The van der Waals surface area contributed by atoms with Crippen molar-refractivity contribution in [2.24, 2.45) is 0 Å². The van der Waals surface area contributed by atoms with Gasteiger partial charge in [-0.2, -0.15) is 0 Å². The number of aryl methyl sites for hydroxylation is 3. The molecule has 0 spiro atoms. The van der Waals surface area contributed by atoms with Crippen LogP contribution in [0.1, 0.15) is 66.1 Å². The van der Waals surface area contributed by atoms with Crippen LogP contribution in [0.3, 0.4) is 0 Å². The fourth-order valence-electron chi connectivity index (χ4n) is 5.89. The smallest absolute Gasteiger partial charge is 0.300 e. The molecule has 2 aliphatic rings. The van der Waals surface area contributed by atoms with Gasteiger partial charge >= 0.3 is 0 Å². The lowest BCUT2D eigenvalue weighted by Crippen LogP contribution is -2.30. The number of carbonyl (C=O) groups excluding carboxylic acids is 2. The summed E-state index contributed by atoms with van der Waals surface area (Å²) >= 11 is 0. The monoisotopic (exact) mass is 508 g/mol. The van der Waals surface area contributed by atoms with Gasteiger partial charge in [-0.05, 0) is 105 Å². The van der Waals surface area contributed by atoms with Crippen molar-refractivity contribution < 1.29 is 14.7 Å². The first-order chi connectivity index (χ1) is 18.3. The SMILES string of the molecule is CCN(CC)c1ccc(C2/C(=C(/O)c3ccc4c(c3)CCCC4)C(=O)C(=O)N2c2cccc(C)c2C)cc1. The molecule has 1 heterocycles. The molecule has 1 N–H and O–H groups in total. The largest absolute Gasteiger partial charge is 0.507 e. The van der Waals surface area contributed by atoms with E-state index >= 15 is 0 Å². The van der Waals surface area contributed by atoms with Gasteiger partial charge in [-0.25, -0.2) is 0 Å². The lowest BCUT2D eigenvalue weighted by Gasteiger charge is -2.28. The van der Waals surface area contributed by atoms with Gasteiger partial charge in [-0.15, -0.1) is 0 Å². The number of fused-ring (bicyclic) bond motifs is 1. The number of Topliss-reactive ketones (excluding diaryl/α,β-unsaturated/α-hetero) is 1. The third-order valence-electron chi connectivity index (χ3n) is 8.24. The van der Waals surface area contributed by atoms with Crippen LogP contribution in [0.4, 0.5) is 11.4 Å². The van der Waals surface area contributed by atoms with Crippen LogP contribution in [0.5, 0.6) is 0 Å². The van der Waals surface area contributed by atoms with Crippen molar-refractivity contribution in [2.75, 3.05) is 22.9 Å². The van der Waals surface area contributed by atoms with Crippen molar-refractivity contribution in [1.82, 2.24) is 0 Å². The van der Waals surface area contributed by atoms with Crippen molar-refractivity contribution in [3.05, 3.63) is 99.6 Å². The third kappa shape index (κ3) is 4.40. The number of aliphatic hydroxyl groups excluding tert-OH is 1. The summed E-state index contributed by atoms with van der Waals surface area (Å²) in [4.78, 5) is 31.1. The van der Waals surface area contributed by atoms with E-state index in [4.69, 9.17) is 0 Å². The standard InChI is InChI=1S/C33H36N2O3/c1-5-34(6-2)27-18-16-24(17-19-27)30-29(31(36)26-15-14-23-11-7-8-12-25(23)20-26)32(37)33(38)35(30)28-13-9-10-21(3)22(28)4/h9-10,13-20,30,36H,5-8,11-12H2,1-4H3/b31-29-. The van der Waals surface area contributed by atoms with Gasteiger partial charge in [0.1, 0.15) is 5.76 Å². The first-order valence-corrected chi connectivity index (χ1v) is 13.7. The van der Waals surface area contributed by atoms with Gasteiger partial charge < -0.3 is 10.0 Å². The molecule has 3 aromatic rings. The molecule has 5 nitrogen and oxygen atoms in total. The first kappa shape index (κ1) is 25.8. The van der Waals surface area contributed by atoms with Crippen molar-refractivity contribution in [2.45, 2.75) is 59.4 Å². The topological polar surface area (TPSA) is 60.9 Å². The molecule has 1 aliphatic heterocycles. The van der Waals surface area contributed by atoms with Crippen molar-refractivity contribution >= 4 is 28.8 Å². The van der Waals surface area contributed by atoms with Crippen molar-refractivity contribution in [3.63, 3.8) is 0 Å². The number of rotatable bonds is 6. The Bertz CT molecular complexity index is 1420. The van der Waals surface area contributed by atoms with Gasteiger partial charge in [0, 0.05) is 30.0 Å². The molecule has 0 saturated carbocycles. The Kier molecular flexibility index (Phi) is 7.11. The number of nitrogens with zero attached hydrogens (tertiary/aromatic N) is 2. The number of anilines is 2. The van der Waals surface area contributed by atoms with Gasteiger partial charge in [0.05, 0.1) is 11.6 Å². The molecule has 38 heavy (non-hydrogen) atoms. The highest BCUT2D eigenvalue weighted by atomic mass is 16.3. The van der Waals surface area contributed by atoms with Crippen LogP contribution in [-0.2, 0) is 22.4 Å². The van der Waals surface area contributed by atoms with Gasteiger partial charge in [0.2, 0.25) is 0 Å². The van der Waals surface area contributed by atoms with Crippen LogP contribution in [0.25, 0.3) is 5.76 Å². The maximum absolute atomic E-state index is 13.6. The minimum Gasteiger partial charge on any atom is -0.507 e. The van der Waals surface area contributed by atoms with Gasteiger partial charge in [-0.1, -0.05) is 36.4 Å². The van der Waals surface area contributed by atoms with Crippen LogP contribution in [0.15, 0.2) is 66.2 Å². The van der Waals surface area contributed by atoms with E-state index in [0.29, 0.717) is 11.3 Å². The molecular weight excluding hydrogens is 472 g/mol. The molecule has 3 aromatic carbocycles. The second-order valence-electron chi connectivity index (χ2n) is 10.3. The van der Waals surface area contributed by atoms with Crippen molar-refractivity contribution in [3.8, 4) is 0 Å². The quantitative estimate of drug-likeness (QED) is 0.230. The normalized spacial score (nSPS) is 18.5. The predicted octanol–water partition coefficient (Wildman–Crippen LogP) is 6.65. The zero-order valence-electron chi connectivity index (χ0n) is 22.8. The average molecular weight is 509 g/mol. The van der Waals surface area contributed by atoms with Gasteiger partial charge in [0.25, 0.3) is 11.7 Å². The van der Waals surface area contributed by atoms with E-state index in [0.717, 1.165) is 54.7 Å². The number of hydrogen-bond acceptors (Lipinski definition) is 4. The Morgan fingerprint density at radius 1 is 0.921 bits per heavy atom. The fourth-order valence-corrected chi connectivity index (χ4v) is 5.89. The Labute approximate surface area is 225 Å². The number of benzene rings is 3. The summed E-state index contributed by atoms with van der Waals surface area (Å²) in [6.45, 7) is 9.96. The number of hydrogen-bond donors (Lipinski definition) is 1. The molecule has 1 unspecified atom stereocenters. The maximum Gasteiger partial charge on any atom is 0.300 e. The second-order valence-corrected chi connectivity index (χ2v) is 10.3. The minimum absolute atomic E-state index is 0.109. The van der Waals surface area contributed by atoms with E-state index in [1.54, 1.807) is 4.90 Å². The van der Waals surface area contributed by atoms with Crippen LogP contribution < -0.4 is 9.80 Å². The highest BCUT2D eigenvalue weighted by Gasteiger charge is 2.47. The first-order valence-electron chi connectivity index (χ1n) is 13.7. The van der Waals surface area contributed by atoms with Crippen LogP contribution >= 0.6 is 0 Å². The molecule has 1 fully saturated rings. The molecule has 1 saturated heterocycles. The van der Waals surface area contributed by atoms with Crippen LogP contribution in [0.2, 0.25) is 0 Å². The fraction of sp³-hybridized carbons (Fsp3) is 0.333. The highest BCUT2D eigenvalue weighted by Crippen LogP contribution is 2.44. The maximum atomic E-state index is 13.6. The molecule has 5 heteroatoms. The number of ketones is 1. The summed E-state index contributed by atoms with van der Waals surface area (Å²) in [7, 11) is 0. The van der Waals surface area contributed by atoms with E-state index in [1.165, 1.54) is 17.5 Å². The molecule has 0 bridgehead atoms. The van der Waals surface area contributed by atoms with E-state index < -0.39 is 17.7 Å². The lowest BCUT2D eigenvalue weighted by atomic mass is 9.88. The summed E-state index contributed by atoms with van der Waals surface area (Å²) in [5, 5.41) is 11.6. The number of carbonyl (C=O) groups is 2. The summed E-state index contributed by atoms with van der Waals surface area (Å²) in [5.41, 5.74) is 7.78. The zero-order chi connectivity index (χ0) is 27.0. The summed E-state index contributed by atoms with van der Waals surface area (Å²) in [6.07, 6.45) is 4.28. The number of aliphatic hydroxyl groups is 1. The second kappa shape index (κ2) is 10.5. The molecule has 0 aromatic heterocycles. The van der Waals surface area contributed by atoms with Gasteiger partial charge in [-0.3, -0.25) is 14.5 Å². The Morgan fingerprint density at radius 2 is 1.61 bits per heavy atom. The predicted molar refractivity (Wildman–Crippen MR) is 154 cm³/mol. The summed E-state index contributed by atoms with van der Waals surface area (Å²) in [5.74, 6) is -1.38. The molecular formula is C33H36N2O3. The third-order valence-corrected chi connectivity index (χ3v) is 8.24. The highest BCUT2D eigenvalue weighted by molar-refractivity contribution is 6.51. The summed E-state index contributed by atoms with van der Waals surface area (Å²) < 4.78 is 0. The molecule has 1 atom stereocenters. The van der Waals surface area contributed by atoms with E-state index in [1.807, 2.05) is 68.4 Å². The van der Waals surface area contributed by atoms with E-state index in [2.05, 4.69) is 24.8 Å². The van der Waals surface area contributed by atoms with Crippen molar-refractivity contribution in [1.29, 1.82) is 0 Å². The molecule has 1 aliphatic carbocycles. The average Bonchev–Trinajstić information content (AvgIpc) is 3.20. The molecule has 5 rings (SSSR count). The molecule has 1 amide bonds. The summed E-state index contributed by atoms with van der Waals surface area (Å²) in [6, 6.07) is 19.0. The Hall–Kier alpha value is -3.86.